The van der Waals surface area contributed by atoms with E-state index in [1.165, 1.54) is 57.8 Å². The van der Waals surface area contributed by atoms with Crippen molar-refractivity contribution in [1.82, 2.24) is 0 Å². The molecular weight excluding hydrogens is 721 g/mol. The first-order chi connectivity index (χ1) is 28.5. The lowest BCUT2D eigenvalue weighted by atomic mass is 10.0. The second kappa shape index (κ2) is 45.5. The number of esters is 3. The van der Waals surface area contributed by atoms with Crippen LogP contribution in [-0.4, -0.2) is 37.2 Å². The van der Waals surface area contributed by atoms with Crippen LogP contribution in [0.3, 0.4) is 0 Å². The molecule has 0 heterocycles. The Bertz CT molecular complexity index is 1290. The predicted octanol–water partition coefficient (Wildman–Crippen LogP) is 14.6. The normalized spacial score (nSPS) is 13.2. The zero-order valence-corrected chi connectivity index (χ0v) is 36.8. The van der Waals surface area contributed by atoms with Gasteiger partial charge in [0.25, 0.3) is 0 Å². The van der Waals surface area contributed by atoms with E-state index in [9.17, 15) is 14.4 Å². The smallest absolute Gasteiger partial charge is 0.309 e. The number of unbranched alkanes of at least 4 members (excludes halogenated alkanes) is 14. The van der Waals surface area contributed by atoms with Crippen molar-refractivity contribution in [2.24, 2.45) is 0 Å². The number of hydrogen-bond donors (Lipinski definition) is 0. The van der Waals surface area contributed by atoms with E-state index in [-0.39, 0.29) is 38.0 Å². The standard InChI is InChI=1S/C52H80O6/c1-4-7-10-13-16-19-21-23-24-25-26-27-28-29-31-33-36-39-42-45-51(54)57-48-49(47-56-50(53)44-41-38-35-32-18-15-12-9-6-3)58-52(55)46-43-40-37-34-30-22-20-17-14-11-8-5-2/h7,9-10,12-13,16,18-19,21,23-29,31-32,38,41,49H,4-6,8,11,14-15,17,20,22,30,33-37,39-40,42-48H2,1-3H3/b10-7-,12-9-,16-13-,21-19-,24-23-,26-25+,28-27-,31-29-,32-18-,41-38-. The minimum Gasteiger partial charge on any atom is -0.462 e. The largest absolute Gasteiger partial charge is 0.462 e. The number of ether oxygens (including phenoxy) is 3. The van der Waals surface area contributed by atoms with Crippen LogP contribution in [-0.2, 0) is 28.6 Å². The summed E-state index contributed by atoms with van der Waals surface area (Å²) in [5.74, 6) is -1.11. The number of carbonyl (C=O) groups excluding carboxylic acids is 3. The van der Waals surface area contributed by atoms with Crippen LogP contribution in [0.2, 0.25) is 0 Å². The molecule has 0 rings (SSSR count). The number of rotatable bonds is 38. The van der Waals surface area contributed by atoms with Crippen LogP contribution in [0.25, 0.3) is 0 Å². The Morgan fingerprint density at radius 1 is 0.397 bits per heavy atom. The summed E-state index contributed by atoms with van der Waals surface area (Å²) in [4.78, 5) is 37.6. The van der Waals surface area contributed by atoms with Crippen LogP contribution in [0.5, 0.6) is 0 Å². The van der Waals surface area contributed by atoms with Crippen molar-refractivity contribution in [3.8, 4) is 0 Å². The fourth-order valence-corrected chi connectivity index (χ4v) is 5.60. The van der Waals surface area contributed by atoms with Crippen molar-refractivity contribution in [2.75, 3.05) is 13.2 Å². The van der Waals surface area contributed by atoms with Crippen LogP contribution in [0.1, 0.15) is 168 Å². The van der Waals surface area contributed by atoms with Gasteiger partial charge in [-0.2, -0.15) is 0 Å². The zero-order chi connectivity index (χ0) is 42.3. The van der Waals surface area contributed by atoms with E-state index in [0.29, 0.717) is 12.8 Å². The molecule has 6 heteroatoms. The van der Waals surface area contributed by atoms with Crippen molar-refractivity contribution < 1.29 is 28.6 Å². The Morgan fingerprint density at radius 2 is 0.810 bits per heavy atom. The van der Waals surface area contributed by atoms with E-state index in [2.05, 4.69) is 57.2 Å². The maximum Gasteiger partial charge on any atom is 0.309 e. The van der Waals surface area contributed by atoms with Crippen LogP contribution in [0.15, 0.2) is 122 Å². The molecule has 0 aliphatic carbocycles. The Balaban J connectivity index is 4.54. The van der Waals surface area contributed by atoms with Gasteiger partial charge in [-0.1, -0.05) is 219 Å². The Kier molecular flexibility index (Phi) is 42.2. The molecule has 0 spiro atoms. The predicted molar refractivity (Wildman–Crippen MR) is 246 cm³/mol. The van der Waals surface area contributed by atoms with Gasteiger partial charge < -0.3 is 14.2 Å². The highest BCUT2D eigenvalue weighted by Gasteiger charge is 2.19. The first kappa shape index (κ1) is 53.8. The van der Waals surface area contributed by atoms with Gasteiger partial charge in [0.2, 0.25) is 0 Å². The molecule has 0 aromatic rings. The summed E-state index contributed by atoms with van der Waals surface area (Å²) < 4.78 is 16.5. The van der Waals surface area contributed by atoms with Crippen molar-refractivity contribution >= 4 is 17.9 Å². The lowest BCUT2D eigenvalue weighted by molar-refractivity contribution is -0.166. The van der Waals surface area contributed by atoms with E-state index in [0.717, 1.165) is 64.2 Å². The maximum absolute atomic E-state index is 12.7. The highest BCUT2D eigenvalue weighted by atomic mass is 16.6. The fraction of sp³-hybridized carbons (Fsp3) is 0.558. The van der Waals surface area contributed by atoms with Crippen molar-refractivity contribution in [2.45, 2.75) is 175 Å². The molecule has 0 bridgehead atoms. The monoisotopic (exact) mass is 801 g/mol. The second-order valence-electron chi connectivity index (χ2n) is 14.4. The Morgan fingerprint density at radius 3 is 1.34 bits per heavy atom. The summed E-state index contributed by atoms with van der Waals surface area (Å²) in [5, 5.41) is 0. The average Bonchev–Trinajstić information content (AvgIpc) is 3.22. The topological polar surface area (TPSA) is 78.9 Å². The summed E-state index contributed by atoms with van der Waals surface area (Å²) >= 11 is 0. The number of carbonyl (C=O) groups is 3. The van der Waals surface area contributed by atoms with Gasteiger partial charge in [0.05, 0.1) is 6.42 Å². The molecule has 0 aromatic carbocycles. The molecular formula is C52H80O6. The van der Waals surface area contributed by atoms with Gasteiger partial charge >= 0.3 is 17.9 Å². The van der Waals surface area contributed by atoms with Crippen LogP contribution in [0, 0.1) is 0 Å². The van der Waals surface area contributed by atoms with E-state index < -0.39 is 12.1 Å². The molecule has 58 heavy (non-hydrogen) atoms. The number of hydrogen-bond acceptors (Lipinski definition) is 6. The number of allylic oxidation sites excluding steroid dienone is 19. The van der Waals surface area contributed by atoms with E-state index in [1.807, 2.05) is 79.0 Å². The first-order valence-corrected chi connectivity index (χ1v) is 22.6. The van der Waals surface area contributed by atoms with Crippen molar-refractivity contribution in [3.05, 3.63) is 122 Å². The van der Waals surface area contributed by atoms with Gasteiger partial charge in [-0.25, -0.2) is 0 Å². The van der Waals surface area contributed by atoms with Gasteiger partial charge in [-0.15, -0.1) is 0 Å². The fourth-order valence-electron chi connectivity index (χ4n) is 5.60. The average molecular weight is 801 g/mol. The first-order valence-electron chi connectivity index (χ1n) is 22.6. The molecule has 0 aliphatic rings. The highest BCUT2D eigenvalue weighted by Crippen LogP contribution is 2.13. The van der Waals surface area contributed by atoms with Crippen LogP contribution < -0.4 is 0 Å². The molecule has 0 aliphatic heterocycles. The molecule has 0 saturated heterocycles. The molecule has 0 N–H and O–H groups in total. The molecule has 0 saturated carbocycles. The SMILES string of the molecule is CC\C=C/C=C\C=C/C=C\C=C\C=C/C=C\CCCCCC(=O)OCC(COC(=O)C/C=C\C/C=C\C/C=C\CC)OC(=O)CCCCCCCCCCCCCC. The van der Waals surface area contributed by atoms with E-state index >= 15 is 0 Å². The summed E-state index contributed by atoms with van der Waals surface area (Å²) in [6.07, 6.45) is 62.1. The molecule has 1 unspecified atom stereocenters. The molecule has 0 radical (unpaired) electrons. The summed E-state index contributed by atoms with van der Waals surface area (Å²) in [6.45, 7) is 6.20. The van der Waals surface area contributed by atoms with Gasteiger partial charge in [-0.05, 0) is 51.4 Å². The molecule has 0 amide bonds. The molecule has 0 fully saturated rings. The van der Waals surface area contributed by atoms with E-state index in [1.54, 1.807) is 6.08 Å². The quantitative estimate of drug-likeness (QED) is 0.0203. The van der Waals surface area contributed by atoms with Crippen molar-refractivity contribution in [1.29, 1.82) is 0 Å². The Hall–Kier alpha value is -4.19. The highest BCUT2D eigenvalue weighted by molar-refractivity contribution is 5.72. The third-order valence-electron chi connectivity index (χ3n) is 8.94. The van der Waals surface area contributed by atoms with Gasteiger partial charge in [0.1, 0.15) is 13.2 Å². The minimum absolute atomic E-state index is 0.122. The van der Waals surface area contributed by atoms with Crippen LogP contribution in [0.4, 0.5) is 0 Å². The van der Waals surface area contributed by atoms with Gasteiger partial charge in [-0.3, -0.25) is 14.4 Å². The summed E-state index contributed by atoms with van der Waals surface area (Å²) in [5.41, 5.74) is 0. The molecule has 324 valence electrons. The summed E-state index contributed by atoms with van der Waals surface area (Å²) in [7, 11) is 0. The lowest BCUT2D eigenvalue weighted by Crippen LogP contribution is -2.30. The molecule has 6 nitrogen and oxygen atoms in total. The second-order valence-corrected chi connectivity index (χ2v) is 14.4. The zero-order valence-electron chi connectivity index (χ0n) is 36.8. The molecule has 1 atom stereocenters. The third kappa shape index (κ3) is 42.9. The van der Waals surface area contributed by atoms with Crippen LogP contribution >= 0.6 is 0 Å². The van der Waals surface area contributed by atoms with E-state index in [4.69, 9.17) is 14.2 Å². The lowest BCUT2D eigenvalue weighted by Gasteiger charge is -2.18. The third-order valence-corrected chi connectivity index (χ3v) is 8.94. The molecule has 0 aromatic heterocycles. The Labute approximate surface area is 354 Å². The maximum atomic E-state index is 12.7. The van der Waals surface area contributed by atoms with Crippen molar-refractivity contribution in [3.63, 3.8) is 0 Å². The van der Waals surface area contributed by atoms with Gasteiger partial charge in [0.15, 0.2) is 6.10 Å². The summed E-state index contributed by atoms with van der Waals surface area (Å²) in [6, 6.07) is 0. The van der Waals surface area contributed by atoms with Gasteiger partial charge in [0, 0.05) is 12.8 Å². The minimum atomic E-state index is -0.831.